The number of aromatic nitrogens is 2. The fraction of sp³-hybridized carbons (Fsp3) is 0.120. The van der Waals surface area contributed by atoms with Crippen LogP contribution < -0.4 is 15.6 Å². The molecule has 6 nitrogen and oxygen atoms in total. The molecule has 7 heteroatoms. The van der Waals surface area contributed by atoms with Crippen molar-refractivity contribution in [1.29, 1.82) is 0 Å². The molecule has 1 N–H and O–H groups in total. The third-order valence-corrected chi connectivity index (χ3v) is 5.48. The maximum atomic E-state index is 13.1. The van der Waals surface area contributed by atoms with Crippen molar-refractivity contribution in [2.75, 3.05) is 5.32 Å². The summed E-state index contributed by atoms with van der Waals surface area (Å²) in [6, 6.07) is 23.5. The minimum atomic E-state index is -0.414. The third-order valence-electron chi connectivity index (χ3n) is 5.23. The molecule has 162 valence electrons. The average molecular weight is 448 g/mol. The van der Waals surface area contributed by atoms with Gasteiger partial charge in [-0.05, 0) is 48.9 Å². The van der Waals surface area contributed by atoms with Crippen LogP contribution >= 0.6 is 11.6 Å². The van der Waals surface area contributed by atoms with Crippen molar-refractivity contribution >= 4 is 23.2 Å². The molecule has 1 amide bonds. The molecule has 4 rings (SSSR count). The van der Waals surface area contributed by atoms with Crippen molar-refractivity contribution in [3.05, 3.63) is 111 Å². The van der Waals surface area contributed by atoms with Gasteiger partial charge >= 0.3 is 0 Å². The van der Waals surface area contributed by atoms with Crippen LogP contribution in [-0.4, -0.2) is 15.3 Å². The van der Waals surface area contributed by atoms with Crippen molar-refractivity contribution in [2.45, 2.75) is 13.5 Å². The standard InChI is InChI=1S/C25H22ClN3O3/c1-17-23(25(31)29(28(17)2)20-8-4-3-5-9-20)27-24(30)21-10-6-7-11-22(21)32-16-18-12-14-19(26)15-13-18/h3-15H,16H2,1-2H3,(H,27,30). The van der Waals surface area contributed by atoms with Crippen LogP contribution in [0.25, 0.3) is 5.69 Å². The second-order valence-corrected chi connectivity index (χ2v) is 7.74. The first kappa shape index (κ1) is 21.5. The predicted octanol–water partition coefficient (Wildman–Crippen LogP) is 4.97. The van der Waals surface area contributed by atoms with Crippen LogP contribution in [0.5, 0.6) is 5.75 Å². The van der Waals surface area contributed by atoms with Gasteiger partial charge in [0.2, 0.25) is 0 Å². The van der Waals surface area contributed by atoms with Gasteiger partial charge in [-0.2, -0.15) is 0 Å². The summed E-state index contributed by atoms with van der Waals surface area (Å²) in [4.78, 5) is 26.2. The zero-order chi connectivity index (χ0) is 22.7. The maximum absolute atomic E-state index is 13.1. The highest BCUT2D eigenvalue weighted by Gasteiger charge is 2.20. The number of amides is 1. The van der Waals surface area contributed by atoms with E-state index in [4.69, 9.17) is 16.3 Å². The van der Waals surface area contributed by atoms with Crippen molar-refractivity contribution in [3.8, 4) is 11.4 Å². The van der Waals surface area contributed by atoms with E-state index in [2.05, 4.69) is 5.32 Å². The third kappa shape index (κ3) is 4.31. The Labute approximate surface area is 190 Å². The van der Waals surface area contributed by atoms with Crippen molar-refractivity contribution in [3.63, 3.8) is 0 Å². The molecule has 0 aliphatic heterocycles. The maximum Gasteiger partial charge on any atom is 0.295 e. The lowest BCUT2D eigenvalue weighted by Crippen LogP contribution is -2.23. The average Bonchev–Trinajstić information content (AvgIpc) is 3.02. The summed E-state index contributed by atoms with van der Waals surface area (Å²) in [5.74, 6) is 0.0136. The molecule has 0 saturated carbocycles. The van der Waals surface area contributed by atoms with E-state index in [-0.39, 0.29) is 17.9 Å². The number of carbonyl (C=O) groups excluding carboxylic acids is 1. The van der Waals surface area contributed by atoms with Gasteiger partial charge in [0.15, 0.2) is 0 Å². The van der Waals surface area contributed by atoms with E-state index in [9.17, 15) is 9.59 Å². The molecule has 0 aliphatic carbocycles. The van der Waals surface area contributed by atoms with Gasteiger partial charge in [0.05, 0.1) is 16.9 Å². The number of para-hydroxylation sites is 2. The minimum absolute atomic E-state index is 0.230. The smallest absolute Gasteiger partial charge is 0.295 e. The number of hydrogen-bond acceptors (Lipinski definition) is 3. The summed E-state index contributed by atoms with van der Waals surface area (Å²) in [5.41, 5.74) is 2.56. The molecule has 32 heavy (non-hydrogen) atoms. The highest BCUT2D eigenvalue weighted by molar-refractivity contribution is 6.30. The van der Waals surface area contributed by atoms with E-state index in [0.717, 1.165) is 11.3 Å². The summed E-state index contributed by atoms with van der Waals surface area (Å²) in [6.07, 6.45) is 0. The van der Waals surface area contributed by atoms with Gasteiger partial charge in [-0.25, -0.2) is 4.68 Å². The van der Waals surface area contributed by atoms with Crippen LogP contribution in [0.1, 0.15) is 21.6 Å². The number of halogens is 1. The predicted molar refractivity (Wildman–Crippen MR) is 126 cm³/mol. The largest absolute Gasteiger partial charge is 0.488 e. The monoisotopic (exact) mass is 447 g/mol. The zero-order valence-electron chi connectivity index (χ0n) is 17.7. The Hall–Kier alpha value is -3.77. The van der Waals surface area contributed by atoms with Gasteiger partial charge < -0.3 is 10.1 Å². The number of carbonyl (C=O) groups is 1. The lowest BCUT2D eigenvalue weighted by Gasteiger charge is -2.11. The SMILES string of the molecule is Cc1c(NC(=O)c2ccccc2OCc2ccc(Cl)cc2)c(=O)n(-c2ccccc2)n1C. The second-order valence-electron chi connectivity index (χ2n) is 7.30. The first-order valence-corrected chi connectivity index (χ1v) is 10.4. The molecular weight excluding hydrogens is 426 g/mol. The Morgan fingerprint density at radius 3 is 2.34 bits per heavy atom. The number of anilines is 1. The Bertz CT molecular complexity index is 1310. The Kier molecular flexibility index (Phi) is 6.14. The minimum Gasteiger partial charge on any atom is -0.488 e. The quantitative estimate of drug-likeness (QED) is 0.454. The number of hydrogen-bond donors (Lipinski definition) is 1. The Morgan fingerprint density at radius 2 is 1.62 bits per heavy atom. The summed E-state index contributed by atoms with van der Waals surface area (Å²) < 4.78 is 9.13. The van der Waals surface area contributed by atoms with Gasteiger partial charge in [-0.1, -0.05) is 54.1 Å². The molecule has 0 fully saturated rings. The molecule has 0 bridgehead atoms. The van der Waals surface area contributed by atoms with Crippen LogP contribution in [0.3, 0.4) is 0 Å². The van der Waals surface area contributed by atoms with Crippen LogP contribution in [-0.2, 0) is 13.7 Å². The van der Waals surface area contributed by atoms with Gasteiger partial charge in [0.25, 0.3) is 11.5 Å². The summed E-state index contributed by atoms with van der Waals surface area (Å²) in [5, 5.41) is 3.43. The number of rotatable bonds is 6. The van der Waals surface area contributed by atoms with Crippen LogP contribution in [0.15, 0.2) is 83.7 Å². The van der Waals surface area contributed by atoms with E-state index in [1.54, 1.807) is 55.1 Å². The number of nitrogens with one attached hydrogen (secondary N) is 1. The van der Waals surface area contributed by atoms with Gasteiger partial charge in [-0.3, -0.25) is 14.3 Å². The molecule has 1 heterocycles. The van der Waals surface area contributed by atoms with Crippen LogP contribution in [0, 0.1) is 6.92 Å². The van der Waals surface area contributed by atoms with Gasteiger partial charge in [0.1, 0.15) is 18.0 Å². The van der Waals surface area contributed by atoms with E-state index in [1.807, 2.05) is 42.5 Å². The van der Waals surface area contributed by atoms with Gasteiger partial charge in [0, 0.05) is 12.1 Å². The number of benzene rings is 3. The molecule has 0 radical (unpaired) electrons. The molecule has 3 aromatic carbocycles. The Balaban J connectivity index is 1.59. The van der Waals surface area contributed by atoms with E-state index >= 15 is 0 Å². The fourth-order valence-corrected chi connectivity index (χ4v) is 3.54. The first-order valence-electron chi connectivity index (χ1n) is 10.1. The Morgan fingerprint density at radius 1 is 0.969 bits per heavy atom. The van der Waals surface area contributed by atoms with E-state index in [1.165, 1.54) is 4.68 Å². The lowest BCUT2D eigenvalue weighted by atomic mass is 10.1. The highest BCUT2D eigenvalue weighted by atomic mass is 35.5. The fourth-order valence-electron chi connectivity index (χ4n) is 3.41. The normalized spacial score (nSPS) is 10.7. The molecule has 0 saturated heterocycles. The summed E-state index contributed by atoms with van der Waals surface area (Å²) in [7, 11) is 1.78. The highest BCUT2D eigenvalue weighted by Crippen LogP contribution is 2.22. The molecule has 4 aromatic rings. The van der Waals surface area contributed by atoms with Gasteiger partial charge in [-0.15, -0.1) is 0 Å². The number of ether oxygens (including phenoxy) is 1. The number of nitrogens with zero attached hydrogens (tertiary/aromatic N) is 2. The van der Waals surface area contributed by atoms with Crippen LogP contribution in [0.2, 0.25) is 5.02 Å². The molecule has 1 aromatic heterocycles. The van der Waals surface area contributed by atoms with Crippen molar-refractivity contribution in [1.82, 2.24) is 9.36 Å². The van der Waals surface area contributed by atoms with E-state index < -0.39 is 5.91 Å². The molecule has 0 atom stereocenters. The molecule has 0 spiro atoms. The van der Waals surface area contributed by atoms with Crippen LogP contribution in [0.4, 0.5) is 5.69 Å². The van der Waals surface area contributed by atoms with E-state index in [0.29, 0.717) is 22.0 Å². The zero-order valence-corrected chi connectivity index (χ0v) is 18.5. The molecule has 0 unspecified atom stereocenters. The summed E-state index contributed by atoms with van der Waals surface area (Å²) >= 11 is 5.93. The summed E-state index contributed by atoms with van der Waals surface area (Å²) in [6.45, 7) is 2.08. The molecular formula is C25H22ClN3O3. The first-order chi connectivity index (χ1) is 15.5. The second kappa shape index (κ2) is 9.16. The van der Waals surface area contributed by atoms with Crippen molar-refractivity contribution < 1.29 is 9.53 Å². The topological polar surface area (TPSA) is 65.3 Å². The van der Waals surface area contributed by atoms with Crippen molar-refractivity contribution in [2.24, 2.45) is 7.05 Å². The lowest BCUT2D eigenvalue weighted by molar-refractivity contribution is 0.102. The molecule has 0 aliphatic rings.